The van der Waals surface area contributed by atoms with Crippen LogP contribution in [0.5, 0.6) is 0 Å². The maximum Gasteiger partial charge on any atom is 0.271 e. The fourth-order valence-electron chi connectivity index (χ4n) is 2.52. The van der Waals surface area contributed by atoms with E-state index < -0.39 is 0 Å². The fraction of sp³-hybridized carbons (Fsp3) is 0.0526. The maximum atomic E-state index is 12.4. The molecular formula is C19H18N4O2. The van der Waals surface area contributed by atoms with Crippen LogP contribution in [-0.4, -0.2) is 16.8 Å². The van der Waals surface area contributed by atoms with Gasteiger partial charge in [0.15, 0.2) is 0 Å². The number of para-hydroxylation sites is 1. The van der Waals surface area contributed by atoms with Crippen molar-refractivity contribution in [2.45, 2.75) is 6.92 Å². The number of amides is 2. The molecule has 0 radical (unpaired) electrons. The summed E-state index contributed by atoms with van der Waals surface area (Å²) in [7, 11) is 0. The van der Waals surface area contributed by atoms with Gasteiger partial charge in [0.25, 0.3) is 5.91 Å². The highest BCUT2D eigenvalue weighted by atomic mass is 16.2. The van der Waals surface area contributed by atoms with Gasteiger partial charge in [0, 0.05) is 35.3 Å². The van der Waals surface area contributed by atoms with Crippen LogP contribution in [0.2, 0.25) is 0 Å². The summed E-state index contributed by atoms with van der Waals surface area (Å²) in [6, 6.07) is 14.8. The molecule has 6 nitrogen and oxygen atoms in total. The van der Waals surface area contributed by atoms with Gasteiger partial charge in [-0.15, -0.1) is 0 Å². The Bertz CT molecular complexity index is 959. The molecule has 6 heteroatoms. The van der Waals surface area contributed by atoms with Gasteiger partial charge in [-0.25, -0.2) is 0 Å². The van der Waals surface area contributed by atoms with Crippen molar-refractivity contribution >= 4 is 34.1 Å². The number of hydrogen-bond acceptors (Lipinski definition) is 3. The number of nitrogens with one attached hydrogen (secondary N) is 4. The first-order valence-corrected chi connectivity index (χ1v) is 7.74. The molecule has 1 aromatic heterocycles. The minimum absolute atomic E-state index is 0.150. The number of carbonyl (C=O) groups is 2. The molecule has 0 aliphatic carbocycles. The van der Waals surface area contributed by atoms with Crippen LogP contribution in [0.25, 0.3) is 16.6 Å². The number of hydrogen-bond donors (Lipinski definition) is 4. The highest BCUT2D eigenvalue weighted by molar-refractivity contribution is 6.06. The SMILES string of the molecule is C=C(NNC(=O)c1c[nH]c2ccccc12)c1cccc(NC(C)=O)c1. The van der Waals surface area contributed by atoms with Crippen molar-refractivity contribution in [1.29, 1.82) is 0 Å². The summed E-state index contributed by atoms with van der Waals surface area (Å²) in [5, 5.41) is 3.56. The Hall–Kier alpha value is -3.54. The second-order valence-corrected chi connectivity index (χ2v) is 5.57. The zero-order chi connectivity index (χ0) is 17.8. The molecular weight excluding hydrogens is 316 g/mol. The zero-order valence-electron chi connectivity index (χ0n) is 13.7. The average molecular weight is 334 g/mol. The molecule has 2 aromatic carbocycles. The molecule has 0 fully saturated rings. The zero-order valence-corrected chi connectivity index (χ0v) is 13.7. The number of aromatic nitrogens is 1. The highest BCUT2D eigenvalue weighted by Gasteiger charge is 2.11. The van der Waals surface area contributed by atoms with Crippen LogP contribution in [-0.2, 0) is 4.79 Å². The maximum absolute atomic E-state index is 12.4. The van der Waals surface area contributed by atoms with Crippen molar-refractivity contribution < 1.29 is 9.59 Å². The van der Waals surface area contributed by atoms with Gasteiger partial charge < -0.3 is 10.3 Å². The van der Waals surface area contributed by atoms with Gasteiger partial charge in [-0.3, -0.25) is 20.4 Å². The molecule has 0 bridgehead atoms. The minimum Gasteiger partial charge on any atom is -0.360 e. The summed E-state index contributed by atoms with van der Waals surface area (Å²) < 4.78 is 0. The molecule has 0 aliphatic rings. The third kappa shape index (κ3) is 3.69. The third-order valence-corrected chi connectivity index (χ3v) is 3.69. The summed E-state index contributed by atoms with van der Waals surface area (Å²) in [6.45, 7) is 5.36. The number of aromatic amines is 1. The molecule has 0 unspecified atom stereocenters. The lowest BCUT2D eigenvalue weighted by molar-refractivity contribution is -0.114. The van der Waals surface area contributed by atoms with Crippen LogP contribution in [0.4, 0.5) is 5.69 Å². The summed E-state index contributed by atoms with van der Waals surface area (Å²) in [6.07, 6.45) is 1.67. The lowest BCUT2D eigenvalue weighted by atomic mass is 10.1. The molecule has 126 valence electrons. The van der Waals surface area contributed by atoms with Crippen LogP contribution < -0.4 is 16.2 Å². The Morgan fingerprint density at radius 3 is 2.64 bits per heavy atom. The lowest BCUT2D eigenvalue weighted by Gasteiger charge is -2.12. The second kappa shape index (κ2) is 6.92. The first-order valence-electron chi connectivity index (χ1n) is 7.74. The molecule has 0 atom stereocenters. The van der Waals surface area contributed by atoms with Gasteiger partial charge in [-0.1, -0.05) is 36.9 Å². The first-order chi connectivity index (χ1) is 12.0. The smallest absolute Gasteiger partial charge is 0.271 e. The lowest BCUT2D eigenvalue weighted by Crippen LogP contribution is -2.35. The van der Waals surface area contributed by atoms with Crippen LogP contribution in [0.1, 0.15) is 22.8 Å². The molecule has 3 aromatic rings. The Morgan fingerprint density at radius 2 is 1.84 bits per heavy atom. The van der Waals surface area contributed by atoms with Gasteiger partial charge in [0.05, 0.1) is 11.3 Å². The van der Waals surface area contributed by atoms with Crippen molar-refractivity contribution in [3.05, 3.63) is 72.4 Å². The van der Waals surface area contributed by atoms with Crippen molar-refractivity contribution in [2.75, 3.05) is 5.32 Å². The summed E-state index contributed by atoms with van der Waals surface area (Å²) >= 11 is 0. The largest absolute Gasteiger partial charge is 0.360 e. The van der Waals surface area contributed by atoms with E-state index >= 15 is 0 Å². The number of carbonyl (C=O) groups excluding carboxylic acids is 2. The highest BCUT2D eigenvalue weighted by Crippen LogP contribution is 2.18. The number of hydrazine groups is 1. The van der Waals surface area contributed by atoms with Crippen molar-refractivity contribution in [3.8, 4) is 0 Å². The van der Waals surface area contributed by atoms with Crippen LogP contribution in [0.3, 0.4) is 0 Å². The Labute approximate surface area is 144 Å². The fourth-order valence-corrected chi connectivity index (χ4v) is 2.52. The van der Waals surface area contributed by atoms with Crippen LogP contribution in [0.15, 0.2) is 61.3 Å². The predicted molar refractivity (Wildman–Crippen MR) is 98.7 cm³/mol. The van der Waals surface area contributed by atoms with Crippen LogP contribution >= 0.6 is 0 Å². The van der Waals surface area contributed by atoms with Crippen molar-refractivity contribution in [2.24, 2.45) is 0 Å². The standard InChI is InChI=1S/C19H18N4O2/c1-12(14-6-5-7-15(10-14)21-13(2)24)22-23-19(25)17-11-20-18-9-4-3-8-16(17)18/h3-11,20,22H,1H2,2H3,(H,21,24)(H,23,25). The van der Waals surface area contributed by atoms with Gasteiger partial charge >= 0.3 is 0 Å². The first kappa shape index (κ1) is 16.3. The van der Waals surface area contributed by atoms with Gasteiger partial charge in [-0.2, -0.15) is 0 Å². The summed E-state index contributed by atoms with van der Waals surface area (Å²) in [4.78, 5) is 26.6. The molecule has 0 saturated heterocycles. The van der Waals surface area contributed by atoms with E-state index in [1.165, 1.54) is 6.92 Å². The molecule has 25 heavy (non-hydrogen) atoms. The normalized spacial score (nSPS) is 10.3. The number of rotatable bonds is 5. The quantitative estimate of drug-likeness (QED) is 0.541. The molecule has 1 heterocycles. The topological polar surface area (TPSA) is 86.0 Å². The summed E-state index contributed by atoms with van der Waals surface area (Å²) in [5.41, 5.74) is 8.83. The molecule has 0 spiro atoms. The van der Waals surface area contributed by atoms with E-state index in [4.69, 9.17) is 0 Å². The monoisotopic (exact) mass is 334 g/mol. The molecule has 3 rings (SSSR count). The van der Waals surface area contributed by atoms with Gasteiger partial charge in [0.2, 0.25) is 5.91 Å². The Morgan fingerprint density at radius 1 is 1.04 bits per heavy atom. The molecule has 2 amide bonds. The van der Waals surface area contributed by atoms with Crippen molar-refractivity contribution in [3.63, 3.8) is 0 Å². The van der Waals surface area contributed by atoms with Crippen LogP contribution in [0, 0.1) is 0 Å². The molecule has 0 aliphatic heterocycles. The van der Waals surface area contributed by atoms with E-state index in [0.29, 0.717) is 16.9 Å². The third-order valence-electron chi connectivity index (χ3n) is 3.69. The number of anilines is 1. The van der Waals surface area contributed by atoms with Crippen molar-refractivity contribution in [1.82, 2.24) is 15.8 Å². The van der Waals surface area contributed by atoms with E-state index in [-0.39, 0.29) is 11.8 Å². The van der Waals surface area contributed by atoms with E-state index in [9.17, 15) is 9.59 Å². The van der Waals surface area contributed by atoms with E-state index in [1.54, 1.807) is 24.4 Å². The predicted octanol–water partition coefficient (Wildman–Crippen LogP) is 3.03. The average Bonchev–Trinajstić information content (AvgIpc) is 3.03. The van der Waals surface area contributed by atoms with Gasteiger partial charge in [0.1, 0.15) is 0 Å². The van der Waals surface area contributed by atoms with E-state index in [1.807, 2.05) is 30.3 Å². The molecule has 0 saturated carbocycles. The minimum atomic E-state index is -0.267. The number of fused-ring (bicyclic) bond motifs is 1. The Balaban J connectivity index is 1.68. The van der Waals surface area contributed by atoms with Gasteiger partial charge in [-0.05, 0) is 18.2 Å². The second-order valence-electron chi connectivity index (χ2n) is 5.57. The number of benzene rings is 2. The molecule has 4 N–H and O–H groups in total. The summed E-state index contributed by atoms with van der Waals surface area (Å²) in [5.74, 6) is -0.417. The van der Waals surface area contributed by atoms with E-state index in [0.717, 1.165) is 16.5 Å². The number of H-pyrrole nitrogens is 1. The van der Waals surface area contributed by atoms with E-state index in [2.05, 4.69) is 27.7 Å². The Kier molecular flexibility index (Phi) is 4.52.